The fraction of sp³-hybridized carbons (Fsp3) is 0.538. The molecule has 3 unspecified atom stereocenters. The normalized spacial score (nSPS) is 13.6. The molecular weight excluding hydrogens is 388 g/mol. The van der Waals surface area contributed by atoms with Crippen LogP contribution < -0.4 is 21.7 Å². The van der Waals surface area contributed by atoms with Crippen LogP contribution in [0.15, 0.2) is 0 Å². The van der Waals surface area contributed by atoms with Crippen LogP contribution >= 0.6 is 12.6 Å². The summed E-state index contributed by atoms with van der Waals surface area (Å²) < 4.78 is 0. The summed E-state index contributed by atoms with van der Waals surface area (Å²) in [5.41, 5.74) is 5.36. The van der Waals surface area contributed by atoms with Gasteiger partial charge in [-0.3, -0.25) is 28.8 Å². The predicted molar refractivity (Wildman–Crippen MR) is 90.8 cm³/mol. The SMILES string of the molecule is NC(CC(=O)O)C(=O)NC(CS)C(=O)NC(CC(=O)O)C(=O)NCC(=O)O. The number of thiol groups is 1. The Kier molecular flexibility index (Phi) is 10.4. The number of carboxylic acid groups (broad SMARTS) is 3. The van der Waals surface area contributed by atoms with Crippen molar-refractivity contribution < 1.29 is 44.1 Å². The number of aliphatic carboxylic acids is 3. The second-order valence-corrected chi connectivity index (χ2v) is 5.58. The van der Waals surface area contributed by atoms with Crippen LogP contribution in [-0.4, -0.2) is 81.4 Å². The Morgan fingerprint density at radius 3 is 1.74 bits per heavy atom. The van der Waals surface area contributed by atoms with Crippen molar-refractivity contribution in [2.45, 2.75) is 31.0 Å². The van der Waals surface area contributed by atoms with E-state index in [4.69, 9.17) is 21.1 Å². The minimum atomic E-state index is -1.61. The zero-order chi connectivity index (χ0) is 21.1. The summed E-state index contributed by atoms with van der Waals surface area (Å²) in [5.74, 6) is -7.43. The Morgan fingerprint density at radius 1 is 0.778 bits per heavy atom. The molecule has 14 heteroatoms. The van der Waals surface area contributed by atoms with Gasteiger partial charge in [-0.25, -0.2) is 0 Å². The van der Waals surface area contributed by atoms with Crippen LogP contribution in [0.5, 0.6) is 0 Å². The predicted octanol–water partition coefficient (Wildman–Crippen LogP) is -3.64. The third kappa shape index (κ3) is 10.0. The number of hydrogen-bond acceptors (Lipinski definition) is 8. The van der Waals surface area contributed by atoms with E-state index in [1.165, 1.54) is 0 Å². The monoisotopic (exact) mass is 408 g/mol. The highest BCUT2D eigenvalue weighted by molar-refractivity contribution is 7.80. The Balaban J connectivity index is 5.00. The molecule has 27 heavy (non-hydrogen) atoms. The third-order valence-electron chi connectivity index (χ3n) is 2.97. The highest BCUT2D eigenvalue weighted by Gasteiger charge is 2.29. The Morgan fingerprint density at radius 2 is 1.30 bits per heavy atom. The minimum Gasteiger partial charge on any atom is -0.481 e. The van der Waals surface area contributed by atoms with Crippen LogP contribution in [0.2, 0.25) is 0 Å². The van der Waals surface area contributed by atoms with Crippen LogP contribution in [0.25, 0.3) is 0 Å². The Bertz CT molecular complexity index is 613. The van der Waals surface area contributed by atoms with Gasteiger partial charge in [0.05, 0.1) is 18.9 Å². The van der Waals surface area contributed by atoms with Crippen molar-refractivity contribution in [3.63, 3.8) is 0 Å². The van der Waals surface area contributed by atoms with Crippen molar-refractivity contribution in [2.24, 2.45) is 5.73 Å². The van der Waals surface area contributed by atoms with E-state index in [9.17, 15) is 28.8 Å². The summed E-state index contributed by atoms with van der Waals surface area (Å²) in [6.45, 7) is -0.790. The average Bonchev–Trinajstić information content (AvgIpc) is 2.55. The molecule has 3 amide bonds. The van der Waals surface area contributed by atoms with Gasteiger partial charge in [0, 0.05) is 5.75 Å². The number of carbonyl (C=O) groups is 6. The van der Waals surface area contributed by atoms with Crippen molar-refractivity contribution >= 4 is 48.3 Å². The smallest absolute Gasteiger partial charge is 0.322 e. The molecule has 0 heterocycles. The van der Waals surface area contributed by atoms with Crippen LogP contribution in [0, 0.1) is 0 Å². The minimum absolute atomic E-state index is 0.270. The Labute approximate surface area is 158 Å². The maximum absolute atomic E-state index is 12.2. The van der Waals surface area contributed by atoms with Crippen molar-refractivity contribution in [3.8, 4) is 0 Å². The lowest BCUT2D eigenvalue weighted by atomic mass is 10.1. The topological polar surface area (TPSA) is 225 Å². The third-order valence-corrected chi connectivity index (χ3v) is 3.34. The molecule has 0 radical (unpaired) electrons. The molecule has 0 fully saturated rings. The van der Waals surface area contributed by atoms with E-state index in [-0.39, 0.29) is 5.75 Å². The van der Waals surface area contributed by atoms with Crippen molar-refractivity contribution in [2.75, 3.05) is 12.3 Å². The molecule has 0 bridgehead atoms. The van der Waals surface area contributed by atoms with Gasteiger partial charge in [-0.1, -0.05) is 0 Å². The standard InChI is InChI=1S/C13H20N4O9S/c14-5(1-8(18)19)11(24)17-7(4-27)13(26)16-6(2-9(20)21)12(25)15-3-10(22)23/h5-7,27H,1-4,14H2,(H,15,25)(H,16,26)(H,17,24)(H,18,19)(H,20,21)(H,22,23). The van der Waals surface area contributed by atoms with Crippen molar-refractivity contribution in [3.05, 3.63) is 0 Å². The number of amides is 3. The molecular formula is C13H20N4O9S. The lowest BCUT2D eigenvalue weighted by molar-refractivity contribution is -0.141. The molecule has 0 saturated carbocycles. The average molecular weight is 408 g/mol. The fourth-order valence-corrected chi connectivity index (χ4v) is 1.95. The van der Waals surface area contributed by atoms with E-state index in [1.807, 2.05) is 5.32 Å². The summed E-state index contributed by atoms with van der Waals surface area (Å²) in [6, 6.07) is -4.39. The largest absolute Gasteiger partial charge is 0.481 e. The van der Waals surface area contributed by atoms with Crippen LogP contribution in [0.4, 0.5) is 0 Å². The second-order valence-electron chi connectivity index (χ2n) is 5.22. The number of rotatable bonds is 12. The molecule has 0 aliphatic carbocycles. The van der Waals surface area contributed by atoms with Crippen molar-refractivity contribution in [1.82, 2.24) is 16.0 Å². The van der Waals surface area contributed by atoms with Gasteiger partial charge in [0.15, 0.2) is 0 Å². The molecule has 0 aromatic heterocycles. The quantitative estimate of drug-likeness (QED) is 0.148. The molecule has 3 atom stereocenters. The first-order chi connectivity index (χ1) is 12.5. The highest BCUT2D eigenvalue weighted by Crippen LogP contribution is 1.98. The van der Waals surface area contributed by atoms with E-state index in [0.717, 1.165) is 0 Å². The Hall–Kier alpha value is -2.87. The molecule has 0 aromatic rings. The lowest BCUT2D eigenvalue weighted by Crippen LogP contribution is -2.57. The maximum atomic E-state index is 12.2. The highest BCUT2D eigenvalue weighted by atomic mass is 32.1. The molecule has 0 rings (SSSR count). The first-order valence-corrected chi connectivity index (χ1v) is 8.01. The summed E-state index contributed by atoms with van der Waals surface area (Å²) in [5, 5.41) is 32.0. The summed E-state index contributed by atoms with van der Waals surface area (Å²) >= 11 is 3.85. The number of hydrogen-bond donors (Lipinski definition) is 8. The van der Waals surface area contributed by atoms with Gasteiger partial charge in [0.1, 0.15) is 18.6 Å². The zero-order valence-electron chi connectivity index (χ0n) is 13.9. The van der Waals surface area contributed by atoms with Crippen LogP contribution in [-0.2, 0) is 28.8 Å². The van der Waals surface area contributed by atoms with Crippen LogP contribution in [0.3, 0.4) is 0 Å². The van der Waals surface area contributed by atoms with E-state index < -0.39 is 73.1 Å². The first kappa shape index (κ1) is 24.1. The molecule has 13 nitrogen and oxygen atoms in total. The first-order valence-electron chi connectivity index (χ1n) is 7.38. The molecule has 0 saturated heterocycles. The van der Waals surface area contributed by atoms with E-state index in [0.29, 0.717) is 0 Å². The number of nitrogens with one attached hydrogen (secondary N) is 3. The zero-order valence-corrected chi connectivity index (χ0v) is 14.8. The van der Waals surface area contributed by atoms with Gasteiger partial charge in [-0.05, 0) is 0 Å². The number of carboxylic acids is 3. The number of nitrogens with two attached hydrogens (primary N) is 1. The summed E-state index contributed by atoms with van der Waals surface area (Å²) in [4.78, 5) is 67.6. The van der Waals surface area contributed by atoms with Crippen LogP contribution in [0.1, 0.15) is 12.8 Å². The fourth-order valence-electron chi connectivity index (χ4n) is 1.70. The van der Waals surface area contributed by atoms with Gasteiger partial charge >= 0.3 is 17.9 Å². The van der Waals surface area contributed by atoms with Crippen molar-refractivity contribution in [1.29, 1.82) is 0 Å². The maximum Gasteiger partial charge on any atom is 0.322 e. The van der Waals surface area contributed by atoms with Gasteiger partial charge in [0.2, 0.25) is 17.7 Å². The van der Waals surface area contributed by atoms with Gasteiger partial charge in [-0.2, -0.15) is 12.6 Å². The molecule has 152 valence electrons. The van der Waals surface area contributed by atoms with E-state index >= 15 is 0 Å². The van der Waals surface area contributed by atoms with Gasteiger partial charge < -0.3 is 37.0 Å². The lowest BCUT2D eigenvalue weighted by Gasteiger charge is -2.22. The molecule has 0 aliphatic heterocycles. The molecule has 0 spiro atoms. The molecule has 0 aliphatic rings. The van der Waals surface area contributed by atoms with Gasteiger partial charge in [-0.15, -0.1) is 0 Å². The summed E-state index contributed by atoms with van der Waals surface area (Å²) in [6.07, 6.45) is -1.53. The van der Waals surface area contributed by atoms with E-state index in [2.05, 4.69) is 23.3 Å². The second kappa shape index (κ2) is 11.7. The number of carbonyl (C=O) groups excluding carboxylic acids is 3. The molecule has 8 N–H and O–H groups in total. The molecule has 0 aromatic carbocycles. The van der Waals surface area contributed by atoms with E-state index in [1.54, 1.807) is 0 Å². The van der Waals surface area contributed by atoms with Gasteiger partial charge in [0.25, 0.3) is 0 Å². The summed E-state index contributed by atoms with van der Waals surface area (Å²) in [7, 11) is 0.